The van der Waals surface area contributed by atoms with Crippen LogP contribution in [-0.4, -0.2) is 15.6 Å². The minimum absolute atomic E-state index is 0.230. The van der Waals surface area contributed by atoms with Crippen molar-refractivity contribution in [2.45, 2.75) is 13.8 Å². The number of hydrogen-bond donors (Lipinski definition) is 1. The zero-order valence-corrected chi connectivity index (χ0v) is 18.4. The summed E-state index contributed by atoms with van der Waals surface area (Å²) >= 11 is 13.8. The lowest BCUT2D eigenvalue weighted by Gasteiger charge is -2.12. The van der Waals surface area contributed by atoms with Crippen molar-refractivity contribution < 1.29 is 9.18 Å². The number of nitrogens with zero attached hydrogens (tertiary/aromatic N) is 2. The molecule has 1 aliphatic heterocycles. The Balaban J connectivity index is 1.66. The highest BCUT2D eigenvalue weighted by molar-refractivity contribution is 8.18. The summed E-state index contributed by atoms with van der Waals surface area (Å²) in [7, 11) is 0. The second-order valence-corrected chi connectivity index (χ2v) is 8.59. The van der Waals surface area contributed by atoms with Crippen molar-refractivity contribution in [3.63, 3.8) is 0 Å². The molecule has 30 heavy (non-hydrogen) atoms. The van der Waals surface area contributed by atoms with Crippen LogP contribution < -0.4 is 5.32 Å². The molecule has 0 saturated carbocycles. The Labute approximate surface area is 187 Å². The first-order valence-electron chi connectivity index (χ1n) is 9.01. The van der Waals surface area contributed by atoms with Gasteiger partial charge in [0.05, 0.1) is 21.3 Å². The van der Waals surface area contributed by atoms with E-state index in [9.17, 15) is 9.18 Å². The van der Waals surface area contributed by atoms with Crippen LogP contribution in [0.15, 0.2) is 58.4 Å². The van der Waals surface area contributed by atoms with E-state index in [4.69, 9.17) is 23.2 Å². The van der Waals surface area contributed by atoms with Crippen LogP contribution in [0.1, 0.15) is 17.0 Å². The minimum Gasteiger partial charge on any atom is -0.316 e. The van der Waals surface area contributed by atoms with Gasteiger partial charge in [-0.05, 0) is 85.8 Å². The molecule has 3 aromatic rings. The number of nitrogens with one attached hydrogen (secondary N) is 1. The molecule has 152 valence electrons. The molecule has 0 atom stereocenters. The summed E-state index contributed by atoms with van der Waals surface area (Å²) < 4.78 is 15.1. The lowest BCUT2D eigenvalue weighted by molar-refractivity contribution is -0.115. The monoisotopic (exact) mass is 459 g/mol. The number of rotatable bonds is 3. The number of aromatic nitrogens is 1. The van der Waals surface area contributed by atoms with Crippen LogP contribution in [0.3, 0.4) is 0 Å². The van der Waals surface area contributed by atoms with Gasteiger partial charge in [-0.25, -0.2) is 9.38 Å². The fourth-order valence-corrected chi connectivity index (χ4v) is 4.42. The van der Waals surface area contributed by atoms with E-state index in [2.05, 4.69) is 10.3 Å². The number of thioether (sulfide) groups is 1. The molecule has 4 nitrogen and oxygen atoms in total. The summed E-state index contributed by atoms with van der Waals surface area (Å²) in [5, 5.41) is 4.37. The molecular weight excluding hydrogens is 444 g/mol. The molecule has 1 N–H and O–H groups in total. The number of carbonyl (C=O) groups is 1. The van der Waals surface area contributed by atoms with Crippen LogP contribution in [0.5, 0.6) is 0 Å². The Hall–Kier alpha value is -2.54. The Morgan fingerprint density at radius 2 is 1.83 bits per heavy atom. The van der Waals surface area contributed by atoms with Crippen LogP contribution in [0.2, 0.25) is 10.0 Å². The third kappa shape index (κ3) is 4.17. The molecule has 0 aliphatic carbocycles. The highest BCUT2D eigenvalue weighted by Gasteiger charge is 2.24. The number of aliphatic imine (C=N–C) groups is 1. The van der Waals surface area contributed by atoms with Gasteiger partial charge in [-0.1, -0.05) is 23.2 Å². The molecule has 2 heterocycles. The average Bonchev–Trinajstić information content (AvgIpc) is 3.18. The molecule has 1 fully saturated rings. The molecule has 1 amide bonds. The van der Waals surface area contributed by atoms with E-state index in [1.54, 1.807) is 24.3 Å². The fraction of sp³-hybridized carbons (Fsp3) is 0.0909. The van der Waals surface area contributed by atoms with Crippen LogP contribution in [0, 0.1) is 19.7 Å². The molecule has 1 saturated heterocycles. The number of carbonyl (C=O) groups excluding carboxylic acids is 1. The fourth-order valence-electron chi connectivity index (χ4n) is 3.22. The van der Waals surface area contributed by atoms with Crippen molar-refractivity contribution in [1.82, 2.24) is 9.88 Å². The SMILES string of the molecule is Cc1cc(/C=C2/SC(=Nc3ccc(F)cc3)NC2=O)c(C)n1-c1cc(Cl)ccc1Cl. The normalized spacial score (nSPS) is 16.5. The van der Waals surface area contributed by atoms with Crippen LogP contribution in [0.4, 0.5) is 10.1 Å². The van der Waals surface area contributed by atoms with Crippen LogP contribution in [-0.2, 0) is 4.79 Å². The maximum absolute atomic E-state index is 13.1. The first-order chi connectivity index (χ1) is 14.3. The molecule has 1 aromatic heterocycles. The lowest BCUT2D eigenvalue weighted by atomic mass is 10.2. The van der Waals surface area contributed by atoms with Crippen LogP contribution in [0.25, 0.3) is 11.8 Å². The molecule has 4 rings (SSSR count). The van der Waals surface area contributed by atoms with Crippen molar-refractivity contribution in [3.8, 4) is 5.69 Å². The molecule has 0 spiro atoms. The zero-order valence-electron chi connectivity index (χ0n) is 16.0. The van der Waals surface area contributed by atoms with E-state index in [1.165, 1.54) is 23.9 Å². The largest absolute Gasteiger partial charge is 0.316 e. The standard InChI is InChI=1S/C22H16Cl2FN3OS/c1-12-9-14(13(2)28(12)19-11-15(23)3-8-18(19)24)10-20-21(29)27-22(30-20)26-17-6-4-16(25)5-7-17/h3-11H,1-2H3,(H,26,27,29)/b20-10+. The molecular formula is C22H16Cl2FN3OS. The van der Waals surface area contributed by atoms with Gasteiger partial charge in [-0.15, -0.1) is 0 Å². The summed E-state index contributed by atoms with van der Waals surface area (Å²) in [6.45, 7) is 3.93. The second-order valence-electron chi connectivity index (χ2n) is 6.72. The first kappa shape index (κ1) is 20.7. The smallest absolute Gasteiger partial charge is 0.264 e. The van der Waals surface area contributed by atoms with Gasteiger partial charge in [0.25, 0.3) is 5.91 Å². The topological polar surface area (TPSA) is 46.4 Å². The third-order valence-electron chi connectivity index (χ3n) is 4.61. The van der Waals surface area contributed by atoms with Gasteiger partial charge >= 0.3 is 0 Å². The van der Waals surface area contributed by atoms with Gasteiger partial charge in [0.1, 0.15) is 5.82 Å². The van der Waals surface area contributed by atoms with E-state index in [1.807, 2.05) is 36.6 Å². The number of amidine groups is 1. The highest BCUT2D eigenvalue weighted by Crippen LogP contribution is 2.32. The maximum Gasteiger partial charge on any atom is 0.264 e. The Kier molecular flexibility index (Phi) is 5.73. The predicted octanol–water partition coefficient (Wildman–Crippen LogP) is 6.43. The molecule has 0 bridgehead atoms. The maximum atomic E-state index is 13.1. The summed E-state index contributed by atoms with van der Waals surface area (Å²) in [5.74, 6) is -0.565. The van der Waals surface area contributed by atoms with Gasteiger partial charge < -0.3 is 9.88 Å². The molecule has 2 aromatic carbocycles. The molecule has 0 radical (unpaired) electrons. The summed E-state index contributed by atoms with van der Waals surface area (Å²) in [5.41, 5.74) is 4.14. The second kappa shape index (κ2) is 8.30. The van der Waals surface area contributed by atoms with Gasteiger partial charge in [0, 0.05) is 16.4 Å². The van der Waals surface area contributed by atoms with Gasteiger partial charge in [0.15, 0.2) is 5.17 Å². The molecule has 0 unspecified atom stereocenters. The lowest BCUT2D eigenvalue weighted by Crippen LogP contribution is -2.19. The average molecular weight is 460 g/mol. The molecule has 1 aliphatic rings. The number of halogens is 3. The van der Waals surface area contributed by atoms with E-state index < -0.39 is 0 Å². The van der Waals surface area contributed by atoms with Crippen molar-refractivity contribution in [2.24, 2.45) is 4.99 Å². The van der Waals surface area contributed by atoms with Crippen molar-refractivity contribution >= 4 is 57.8 Å². The van der Waals surface area contributed by atoms with Crippen molar-refractivity contribution in [2.75, 3.05) is 0 Å². The summed E-state index contributed by atoms with van der Waals surface area (Å²) in [4.78, 5) is 17.3. The van der Waals surface area contributed by atoms with Crippen molar-refractivity contribution in [1.29, 1.82) is 0 Å². The highest BCUT2D eigenvalue weighted by atomic mass is 35.5. The third-order valence-corrected chi connectivity index (χ3v) is 6.08. The molecule has 8 heteroatoms. The van der Waals surface area contributed by atoms with E-state index in [-0.39, 0.29) is 11.7 Å². The Morgan fingerprint density at radius 1 is 1.10 bits per heavy atom. The zero-order chi connectivity index (χ0) is 21.4. The van der Waals surface area contributed by atoms with Gasteiger partial charge in [0.2, 0.25) is 0 Å². The summed E-state index contributed by atoms with van der Waals surface area (Å²) in [6, 6.07) is 13.1. The van der Waals surface area contributed by atoms with Gasteiger partial charge in [-0.3, -0.25) is 4.79 Å². The summed E-state index contributed by atoms with van der Waals surface area (Å²) in [6.07, 6.45) is 1.82. The number of hydrogen-bond acceptors (Lipinski definition) is 3. The van der Waals surface area contributed by atoms with Crippen molar-refractivity contribution in [3.05, 3.63) is 86.2 Å². The predicted molar refractivity (Wildman–Crippen MR) is 122 cm³/mol. The van der Waals surface area contributed by atoms with E-state index in [0.717, 1.165) is 22.6 Å². The number of benzene rings is 2. The van der Waals surface area contributed by atoms with Crippen LogP contribution >= 0.6 is 35.0 Å². The Morgan fingerprint density at radius 3 is 2.57 bits per heavy atom. The van der Waals surface area contributed by atoms with E-state index in [0.29, 0.717) is 25.8 Å². The van der Waals surface area contributed by atoms with E-state index >= 15 is 0 Å². The first-order valence-corrected chi connectivity index (χ1v) is 10.6. The number of aryl methyl sites for hydroxylation is 1. The number of amides is 1. The minimum atomic E-state index is -0.335. The quantitative estimate of drug-likeness (QED) is 0.458. The Bertz CT molecular complexity index is 1220. The van der Waals surface area contributed by atoms with Gasteiger partial charge in [-0.2, -0.15) is 0 Å².